The number of rotatable bonds is 7. The fourth-order valence-corrected chi connectivity index (χ4v) is 7.37. The number of aryl methyl sites for hydroxylation is 1. The van der Waals surface area contributed by atoms with E-state index >= 15 is 0 Å². The summed E-state index contributed by atoms with van der Waals surface area (Å²) >= 11 is 1.18. The Morgan fingerprint density at radius 3 is 2.12 bits per heavy atom. The molecule has 1 fully saturated rings. The van der Waals surface area contributed by atoms with Gasteiger partial charge in [-0.05, 0) is 67.6 Å². The average molecular weight is 520 g/mol. The second-order valence-electron chi connectivity index (χ2n) is 8.10. The van der Waals surface area contributed by atoms with Crippen LogP contribution in [0.3, 0.4) is 0 Å². The maximum atomic E-state index is 12.7. The first-order valence-corrected chi connectivity index (χ1v) is 14.5. The molecule has 180 valence electrons. The number of sulfonamides is 2. The van der Waals surface area contributed by atoms with Crippen molar-refractivity contribution in [3.8, 4) is 0 Å². The van der Waals surface area contributed by atoms with Gasteiger partial charge in [-0.25, -0.2) is 16.8 Å². The van der Waals surface area contributed by atoms with E-state index in [0.29, 0.717) is 28.4 Å². The van der Waals surface area contributed by atoms with Crippen LogP contribution in [0.15, 0.2) is 75.1 Å². The molecule has 3 aromatic rings. The first-order chi connectivity index (χ1) is 16.1. The largest absolute Gasteiger partial charge is 0.326 e. The molecule has 0 spiro atoms. The van der Waals surface area contributed by atoms with Crippen molar-refractivity contribution in [2.45, 2.75) is 28.9 Å². The van der Waals surface area contributed by atoms with Crippen molar-refractivity contribution in [1.82, 2.24) is 4.31 Å². The van der Waals surface area contributed by atoms with Crippen LogP contribution in [-0.2, 0) is 24.8 Å². The summed E-state index contributed by atoms with van der Waals surface area (Å²) in [5, 5.41) is 4.53. The van der Waals surface area contributed by atoms with Crippen LogP contribution in [0.25, 0.3) is 0 Å². The highest BCUT2D eigenvalue weighted by atomic mass is 32.2. The summed E-state index contributed by atoms with van der Waals surface area (Å²) in [6.45, 7) is 2.47. The molecule has 2 heterocycles. The molecule has 1 amide bonds. The lowest BCUT2D eigenvalue weighted by molar-refractivity contribution is -0.120. The number of thiophene rings is 1. The Morgan fingerprint density at radius 1 is 0.912 bits per heavy atom. The Labute approximate surface area is 203 Å². The minimum absolute atomic E-state index is 0.0816. The minimum atomic E-state index is -3.75. The van der Waals surface area contributed by atoms with Gasteiger partial charge in [0.2, 0.25) is 5.91 Å². The molecule has 0 bridgehead atoms. The number of nitrogens with one attached hydrogen (secondary N) is 2. The van der Waals surface area contributed by atoms with Crippen molar-refractivity contribution in [2.24, 2.45) is 5.92 Å². The minimum Gasteiger partial charge on any atom is -0.326 e. The highest BCUT2D eigenvalue weighted by molar-refractivity contribution is 7.92. The molecule has 0 unspecified atom stereocenters. The quantitative estimate of drug-likeness (QED) is 0.492. The molecule has 0 radical (unpaired) electrons. The smallest absolute Gasteiger partial charge is 0.261 e. The van der Waals surface area contributed by atoms with Gasteiger partial charge in [-0.3, -0.25) is 9.52 Å². The summed E-state index contributed by atoms with van der Waals surface area (Å²) in [6.07, 6.45) is 0.840. The summed E-state index contributed by atoms with van der Waals surface area (Å²) in [5.41, 5.74) is 1.97. The number of carbonyl (C=O) groups excluding carboxylic acids is 1. The Bertz CT molecular complexity index is 1340. The van der Waals surface area contributed by atoms with Gasteiger partial charge in [0.05, 0.1) is 4.90 Å². The lowest BCUT2D eigenvalue weighted by Gasteiger charge is -2.30. The fraction of sp³-hybridized carbons (Fsp3) is 0.261. The maximum absolute atomic E-state index is 12.7. The molecule has 2 aromatic carbocycles. The maximum Gasteiger partial charge on any atom is 0.261 e. The van der Waals surface area contributed by atoms with Crippen molar-refractivity contribution in [1.29, 1.82) is 0 Å². The zero-order chi connectivity index (χ0) is 24.3. The van der Waals surface area contributed by atoms with E-state index in [0.717, 1.165) is 5.56 Å². The highest BCUT2D eigenvalue weighted by Gasteiger charge is 2.32. The number of hydrogen-bond donors (Lipinski definition) is 2. The Hall–Kier alpha value is -2.73. The summed E-state index contributed by atoms with van der Waals surface area (Å²) in [7, 11) is -7.27. The van der Waals surface area contributed by atoms with E-state index in [1.807, 2.05) is 19.1 Å². The van der Waals surface area contributed by atoms with Gasteiger partial charge in [-0.1, -0.05) is 23.8 Å². The molecule has 8 nitrogen and oxygen atoms in total. The third-order valence-electron chi connectivity index (χ3n) is 5.65. The predicted molar refractivity (Wildman–Crippen MR) is 133 cm³/mol. The molecular formula is C23H25N3O5S3. The zero-order valence-corrected chi connectivity index (χ0v) is 20.9. The number of anilines is 2. The molecule has 2 N–H and O–H groups in total. The number of amides is 1. The summed E-state index contributed by atoms with van der Waals surface area (Å²) in [5.74, 6) is -0.525. The van der Waals surface area contributed by atoms with E-state index in [4.69, 9.17) is 0 Å². The monoisotopic (exact) mass is 519 g/mol. The summed E-state index contributed by atoms with van der Waals surface area (Å²) in [4.78, 5) is 12.8. The molecule has 11 heteroatoms. The number of hydrogen-bond acceptors (Lipinski definition) is 6. The van der Waals surface area contributed by atoms with E-state index in [9.17, 15) is 21.6 Å². The summed E-state index contributed by atoms with van der Waals surface area (Å²) in [6, 6.07) is 16.3. The lowest BCUT2D eigenvalue weighted by atomic mass is 9.97. The zero-order valence-electron chi connectivity index (χ0n) is 18.5. The number of nitrogens with zero attached hydrogens (tertiary/aromatic N) is 1. The molecule has 1 aliphatic heterocycles. The van der Waals surface area contributed by atoms with Crippen LogP contribution in [0.5, 0.6) is 0 Å². The van der Waals surface area contributed by atoms with E-state index in [-0.39, 0.29) is 29.8 Å². The second kappa shape index (κ2) is 9.87. The van der Waals surface area contributed by atoms with Crippen LogP contribution in [0.4, 0.5) is 11.4 Å². The molecule has 0 saturated carbocycles. The van der Waals surface area contributed by atoms with Gasteiger partial charge >= 0.3 is 0 Å². The van der Waals surface area contributed by atoms with Gasteiger partial charge in [-0.2, -0.15) is 4.31 Å². The number of piperidine rings is 1. The Balaban J connectivity index is 1.34. The standard InChI is InChI=1S/C23H25N3O5S3/c1-17-4-6-20(7-5-17)25-33(28,29)21-10-8-19(9-11-21)24-23(27)18-12-14-26(15-13-18)34(30,31)22-3-2-16-32-22/h2-11,16,18,25H,12-15H2,1H3,(H,24,27). The third-order valence-corrected chi connectivity index (χ3v) is 10.3. The van der Waals surface area contributed by atoms with Crippen LogP contribution >= 0.6 is 11.3 Å². The SMILES string of the molecule is Cc1ccc(NS(=O)(=O)c2ccc(NC(=O)C3CCN(S(=O)(=O)c4cccs4)CC3)cc2)cc1. The second-order valence-corrected chi connectivity index (χ2v) is 12.9. The lowest BCUT2D eigenvalue weighted by Crippen LogP contribution is -2.41. The normalized spacial score (nSPS) is 15.7. The summed E-state index contributed by atoms with van der Waals surface area (Å²) < 4.78 is 54.8. The van der Waals surface area contributed by atoms with E-state index in [1.165, 1.54) is 39.9 Å². The van der Waals surface area contributed by atoms with Crippen LogP contribution in [0.1, 0.15) is 18.4 Å². The van der Waals surface area contributed by atoms with Crippen LogP contribution in [-0.4, -0.2) is 40.1 Å². The first kappa shape index (κ1) is 24.4. The first-order valence-electron chi connectivity index (χ1n) is 10.7. The molecule has 1 aromatic heterocycles. The van der Waals surface area contributed by atoms with Crippen LogP contribution in [0, 0.1) is 12.8 Å². The predicted octanol–water partition coefficient (Wildman–Crippen LogP) is 3.90. The molecule has 0 atom stereocenters. The highest BCUT2D eigenvalue weighted by Crippen LogP contribution is 2.27. The topological polar surface area (TPSA) is 113 Å². The van der Waals surface area contributed by atoms with Gasteiger partial charge in [0, 0.05) is 30.4 Å². The van der Waals surface area contributed by atoms with Gasteiger partial charge in [-0.15, -0.1) is 11.3 Å². The molecule has 4 rings (SSSR count). The van der Waals surface area contributed by atoms with Gasteiger partial charge in [0.25, 0.3) is 20.0 Å². The number of benzene rings is 2. The average Bonchev–Trinajstić information content (AvgIpc) is 3.37. The fourth-order valence-electron chi connectivity index (χ4n) is 3.69. The van der Waals surface area contributed by atoms with Crippen LogP contribution in [0.2, 0.25) is 0 Å². The van der Waals surface area contributed by atoms with Crippen LogP contribution < -0.4 is 10.0 Å². The third kappa shape index (κ3) is 5.49. The van der Waals surface area contributed by atoms with E-state index in [2.05, 4.69) is 10.0 Å². The van der Waals surface area contributed by atoms with Crippen molar-refractivity contribution >= 4 is 48.7 Å². The van der Waals surface area contributed by atoms with Crippen molar-refractivity contribution in [3.63, 3.8) is 0 Å². The number of carbonyl (C=O) groups is 1. The molecule has 0 aliphatic carbocycles. The van der Waals surface area contributed by atoms with Crippen molar-refractivity contribution < 1.29 is 21.6 Å². The molecular weight excluding hydrogens is 494 g/mol. The molecule has 34 heavy (non-hydrogen) atoms. The van der Waals surface area contributed by atoms with Crippen molar-refractivity contribution in [3.05, 3.63) is 71.6 Å². The Kier molecular flexibility index (Phi) is 7.08. The molecule has 1 aliphatic rings. The Morgan fingerprint density at radius 2 is 1.53 bits per heavy atom. The van der Waals surface area contributed by atoms with E-state index in [1.54, 1.807) is 29.6 Å². The van der Waals surface area contributed by atoms with Crippen molar-refractivity contribution in [2.75, 3.05) is 23.1 Å². The van der Waals surface area contributed by atoms with Gasteiger partial charge in [0.15, 0.2) is 0 Å². The van der Waals surface area contributed by atoms with E-state index < -0.39 is 20.0 Å². The van der Waals surface area contributed by atoms with Gasteiger partial charge in [0.1, 0.15) is 4.21 Å². The molecule has 1 saturated heterocycles. The van der Waals surface area contributed by atoms with Gasteiger partial charge < -0.3 is 5.32 Å².